The molecule has 2 nitrogen and oxygen atoms in total. The zero-order chi connectivity index (χ0) is 13.5. The highest BCUT2D eigenvalue weighted by Crippen LogP contribution is 2.33. The molecule has 0 radical (unpaired) electrons. The summed E-state index contributed by atoms with van der Waals surface area (Å²) in [4.78, 5) is 0. The first kappa shape index (κ1) is 16.0. The lowest BCUT2D eigenvalue weighted by Crippen LogP contribution is -2.29. The van der Waals surface area contributed by atoms with Crippen molar-refractivity contribution in [2.75, 3.05) is 6.61 Å². The molecule has 0 aliphatic heterocycles. The molecule has 0 saturated heterocycles. The van der Waals surface area contributed by atoms with Gasteiger partial charge in [-0.2, -0.15) is 0 Å². The third-order valence-electron chi connectivity index (χ3n) is 4.22. The van der Waals surface area contributed by atoms with Gasteiger partial charge in [0.15, 0.2) is 6.29 Å². The second-order valence-electron chi connectivity index (χ2n) is 6.35. The van der Waals surface area contributed by atoms with E-state index in [0.717, 1.165) is 18.4 Å². The Bertz CT molecular complexity index is 207. The Morgan fingerprint density at radius 2 is 1.61 bits per heavy atom. The first-order valence-corrected chi connectivity index (χ1v) is 7.80. The Morgan fingerprint density at radius 1 is 1.00 bits per heavy atom. The van der Waals surface area contributed by atoms with Gasteiger partial charge in [0.25, 0.3) is 0 Å². The molecule has 1 aliphatic carbocycles. The number of rotatable bonds is 7. The van der Waals surface area contributed by atoms with Crippen LogP contribution in [0, 0.1) is 17.8 Å². The molecule has 0 amide bonds. The zero-order valence-electron chi connectivity index (χ0n) is 12.9. The fraction of sp³-hybridized carbons (Fsp3) is 1.00. The fourth-order valence-electron chi connectivity index (χ4n) is 2.77. The quantitative estimate of drug-likeness (QED) is 0.618. The van der Waals surface area contributed by atoms with Gasteiger partial charge in [-0.1, -0.05) is 34.1 Å². The number of hydrogen-bond donors (Lipinski definition) is 0. The van der Waals surface area contributed by atoms with E-state index in [-0.39, 0.29) is 6.29 Å². The highest BCUT2D eigenvalue weighted by molar-refractivity contribution is 4.76. The molecule has 1 rings (SSSR count). The average molecular weight is 256 g/mol. The summed E-state index contributed by atoms with van der Waals surface area (Å²) in [5.74, 6) is 2.37. The Morgan fingerprint density at radius 3 is 2.11 bits per heavy atom. The summed E-state index contributed by atoms with van der Waals surface area (Å²) < 4.78 is 11.7. The van der Waals surface area contributed by atoms with Crippen molar-refractivity contribution in [2.24, 2.45) is 17.8 Å². The second-order valence-corrected chi connectivity index (χ2v) is 6.35. The maximum atomic E-state index is 5.98. The second kappa shape index (κ2) is 8.16. The summed E-state index contributed by atoms with van der Waals surface area (Å²) in [6.45, 7) is 11.9. The van der Waals surface area contributed by atoms with Crippen LogP contribution < -0.4 is 0 Å². The van der Waals surface area contributed by atoms with Crippen molar-refractivity contribution in [2.45, 2.75) is 79.1 Å². The highest BCUT2D eigenvalue weighted by Gasteiger charge is 2.25. The third-order valence-corrected chi connectivity index (χ3v) is 4.22. The molecule has 0 N–H and O–H groups in total. The van der Waals surface area contributed by atoms with E-state index in [4.69, 9.17) is 9.47 Å². The van der Waals surface area contributed by atoms with Crippen LogP contribution in [0.25, 0.3) is 0 Å². The lowest BCUT2D eigenvalue weighted by atomic mass is 9.79. The molecule has 1 aliphatic rings. The molecule has 1 saturated carbocycles. The van der Waals surface area contributed by atoms with Crippen LogP contribution in [0.2, 0.25) is 0 Å². The van der Waals surface area contributed by atoms with Gasteiger partial charge in [0.1, 0.15) is 0 Å². The van der Waals surface area contributed by atoms with Crippen LogP contribution in [0.15, 0.2) is 0 Å². The molecule has 0 bridgehead atoms. The molecule has 2 unspecified atom stereocenters. The van der Waals surface area contributed by atoms with Gasteiger partial charge in [0, 0.05) is 0 Å². The van der Waals surface area contributed by atoms with E-state index in [1.54, 1.807) is 0 Å². The molecule has 0 aromatic rings. The molecule has 18 heavy (non-hydrogen) atoms. The van der Waals surface area contributed by atoms with E-state index in [2.05, 4.69) is 27.7 Å². The minimum atomic E-state index is -0.0439. The summed E-state index contributed by atoms with van der Waals surface area (Å²) in [6.07, 6.45) is 6.77. The van der Waals surface area contributed by atoms with Crippen LogP contribution in [0.4, 0.5) is 0 Å². The topological polar surface area (TPSA) is 18.5 Å². The minimum absolute atomic E-state index is 0.0439. The first-order chi connectivity index (χ1) is 8.52. The molecule has 2 atom stereocenters. The van der Waals surface area contributed by atoms with E-state index >= 15 is 0 Å². The smallest absolute Gasteiger partial charge is 0.155 e. The van der Waals surface area contributed by atoms with Crippen LogP contribution >= 0.6 is 0 Å². The zero-order valence-corrected chi connectivity index (χ0v) is 12.9. The van der Waals surface area contributed by atoms with Crippen molar-refractivity contribution in [1.29, 1.82) is 0 Å². The molecule has 0 aromatic heterocycles. The van der Waals surface area contributed by atoms with Crippen LogP contribution in [0.1, 0.15) is 66.7 Å². The summed E-state index contributed by atoms with van der Waals surface area (Å²) in [6, 6.07) is 0. The van der Waals surface area contributed by atoms with Gasteiger partial charge in [-0.05, 0) is 50.4 Å². The fourth-order valence-corrected chi connectivity index (χ4v) is 2.77. The van der Waals surface area contributed by atoms with Crippen LogP contribution in [-0.4, -0.2) is 19.0 Å². The summed E-state index contributed by atoms with van der Waals surface area (Å²) in [5, 5.41) is 0. The van der Waals surface area contributed by atoms with Gasteiger partial charge in [-0.15, -0.1) is 0 Å². The third kappa shape index (κ3) is 5.71. The lowest BCUT2D eigenvalue weighted by Gasteiger charge is -2.33. The normalized spacial score (nSPS) is 28.3. The Balaban J connectivity index is 2.18. The predicted molar refractivity (Wildman–Crippen MR) is 76.5 cm³/mol. The van der Waals surface area contributed by atoms with E-state index in [1.807, 2.05) is 6.92 Å². The Labute approximate surface area is 113 Å². The maximum Gasteiger partial charge on any atom is 0.155 e. The van der Waals surface area contributed by atoms with Crippen molar-refractivity contribution in [1.82, 2.24) is 0 Å². The van der Waals surface area contributed by atoms with E-state index in [0.29, 0.717) is 12.0 Å². The van der Waals surface area contributed by atoms with Crippen molar-refractivity contribution in [3.8, 4) is 0 Å². The molecule has 2 heteroatoms. The van der Waals surface area contributed by atoms with Crippen LogP contribution in [-0.2, 0) is 9.47 Å². The molecule has 0 aromatic carbocycles. The van der Waals surface area contributed by atoms with Crippen molar-refractivity contribution in [3.63, 3.8) is 0 Å². The number of ether oxygens (including phenoxy) is 2. The van der Waals surface area contributed by atoms with Crippen molar-refractivity contribution < 1.29 is 9.47 Å². The monoisotopic (exact) mass is 256 g/mol. The lowest BCUT2D eigenvalue weighted by molar-refractivity contribution is -0.173. The molecule has 0 spiro atoms. The largest absolute Gasteiger partial charge is 0.353 e. The molecular formula is C16H32O2. The van der Waals surface area contributed by atoms with Gasteiger partial charge >= 0.3 is 0 Å². The number of hydrogen-bond acceptors (Lipinski definition) is 2. The Kier molecular flexibility index (Phi) is 7.25. The predicted octanol–water partition coefficient (Wildman–Crippen LogP) is 4.63. The van der Waals surface area contributed by atoms with E-state index in [9.17, 15) is 0 Å². The summed E-state index contributed by atoms with van der Waals surface area (Å²) in [5.41, 5.74) is 0. The molecule has 1 fully saturated rings. The van der Waals surface area contributed by atoms with E-state index in [1.165, 1.54) is 32.1 Å². The Hall–Kier alpha value is -0.0800. The van der Waals surface area contributed by atoms with Gasteiger partial charge in [-0.3, -0.25) is 0 Å². The summed E-state index contributed by atoms with van der Waals surface area (Å²) in [7, 11) is 0. The van der Waals surface area contributed by atoms with Crippen LogP contribution in [0.3, 0.4) is 0 Å². The average Bonchev–Trinajstić information content (AvgIpc) is 2.36. The minimum Gasteiger partial charge on any atom is -0.353 e. The van der Waals surface area contributed by atoms with Crippen LogP contribution in [0.5, 0.6) is 0 Å². The molecule has 108 valence electrons. The standard InChI is InChI=1S/C16H32O2/c1-6-13(4)15-7-9-16(10-8-15)18-14(5)17-11-12(2)3/h12-16H,6-11H2,1-5H3. The maximum absolute atomic E-state index is 5.98. The summed E-state index contributed by atoms with van der Waals surface area (Å²) >= 11 is 0. The van der Waals surface area contributed by atoms with Crippen molar-refractivity contribution in [3.05, 3.63) is 0 Å². The SMILES string of the molecule is CCC(C)C1CCC(OC(C)OCC(C)C)CC1. The van der Waals surface area contributed by atoms with Gasteiger partial charge < -0.3 is 9.47 Å². The highest BCUT2D eigenvalue weighted by atomic mass is 16.7. The van der Waals surface area contributed by atoms with Gasteiger partial charge in [0.05, 0.1) is 12.7 Å². The first-order valence-electron chi connectivity index (χ1n) is 7.80. The van der Waals surface area contributed by atoms with Gasteiger partial charge in [0.2, 0.25) is 0 Å². The van der Waals surface area contributed by atoms with Crippen molar-refractivity contribution >= 4 is 0 Å². The van der Waals surface area contributed by atoms with Gasteiger partial charge in [-0.25, -0.2) is 0 Å². The van der Waals surface area contributed by atoms with E-state index < -0.39 is 0 Å². The molecular weight excluding hydrogens is 224 g/mol. The molecule has 0 heterocycles.